The van der Waals surface area contributed by atoms with Crippen molar-refractivity contribution in [3.8, 4) is 11.8 Å². The van der Waals surface area contributed by atoms with E-state index in [1.54, 1.807) is 0 Å². The van der Waals surface area contributed by atoms with Crippen molar-refractivity contribution in [3.63, 3.8) is 0 Å². The first kappa shape index (κ1) is 15.2. The average Bonchev–Trinajstić information content (AvgIpc) is 2.99. The second kappa shape index (κ2) is 5.95. The zero-order chi connectivity index (χ0) is 17.4. The number of amides is 1. The van der Waals surface area contributed by atoms with Gasteiger partial charge in [0.2, 0.25) is 11.9 Å². The second-order valence-electron chi connectivity index (χ2n) is 5.81. The number of benzene rings is 2. The molecule has 1 aliphatic rings. The van der Waals surface area contributed by atoms with E-state index < -0.39 is 12.0 Å². The quantitative estimate of drug-likeness (QED) is 0.799. The fourth-order valence-electron chi connectivity index (χ4n) is 3.35. The molecule has 2 heterocycles. The summed E-state index contributed by atoms with van der Waals surface area (Å²) in [5, 5.41) is 12.4. The Hall–Kier alpha value is -3.33. The molecule has 1 aromatic heterocycles. The first-order valence-electron chi connectivity index (χ1n) is 8.13. The summed E-state index contributed by atoms with van der Waals surface area (Å²) < 4.78 is 7.67. The van der Waals surface area contributed by atoms with Crippen LogP contribution in [0.4, 0.5) is 5.95 Å². The van der Waals surface area contributed by atoms with E-state index in [2.05, 4.69) is 16.4 Å². The number of aromatic nitrogens is 2. The summed E-state index contributed by atoms with van der Waals surface area (Å²) in [6, 6.07) is 16.8. The number of carbonyl (C=O) groups is 1. The van der Waals surface area contributed by atoms with Crippen LogP contribution >= 0.6 is 0 Å². The SMILES string of the molecule is CCOc1ccccc1[C@H]1[C@H](C#N)C(=O)Nc2nc3ccccc3n21. The third-order valence-corrected chi connectivity index (χ3v) is 4.38. The summed E-state index contributed by atoms with van der Waals surface area (Å²) in [5.74, 6) is -0.0870. The number of fused-ring (bicyclic) bond motifs is 3. The summed E-state index contributed by atoms with van der Waals surface area (Å²) in [6.07, 6.45) is 0. The molecule has 0 unspecified atom stereocenters. The van der Waals surface area contributed by atoms with Gasteiger partial charge < -0.3 is 9.30 Å². The molecule has 0 spiro atoms. The summed E-state index contributed by atoms with van der Waals surface area (Å²) in [5.41, 5.74) is 2.44. The van der Waals surface area contributed by atoms with Gasteiger partial charge in [0.15, 0.2) is 5.92 Å². The molecule has 0 aliphatic carbocycles. The molecule has 1 N–H and O–H groups in total. The maximum atomic E-state index is 12.5. The van der Waals surface area contributed by atoms with E-state index in [-0.39, 0.29) is 5.91 Å². The number of hydrogen-bond donors (Lipinski definition) is 1. The van der Waals surface area contributed by atoms with E-state index in [1.165, 1.54) is 0 Å². The number of nitrogens with zero attached hydrogens (tertiary/aromatic N) is 3. The standard InChI is InChI=1S/C19H16N4O2/c1-2-25-16-10-6-3-7-12(16)17-13(11-20)18(24)22-19-21-14-8-4-5-9-15(14)23(17)19/h3-10,13,17H,2H2,1H3,(H,21,22,24)/t13-,17-/m0/s1. The molecule has 0 saturated heterocycles. The minimum Gasteiger partial charge on any atom is -0.494 e. The molecule has 0 saturated carbocycles. The van der Waals surface area contributed by atoms with Crippen LogP contribution in [0.1, 0.15) is 18.5 Å². The number of carbonyl (C=O) groups excluding carboxylic acids is 1. The molecule has 0 bridgehead atoms. The number of rotatable bonds is 3. The van der Waals surface area contributed by atoms with Crippen molar-refractivity contribution in [2.75, 3.05) is 11.9 Å². The van der Waals surface area contributed by atoms with Crippen LogP contribution in [0.15, 0.2) is 48.5 Å². The van der Waals surface area contributed by atoms with Gasteiger partial charge in [-0.2, -0.15) is 5.26 Å². The predicted octanol–water partition coefficient (Wildman–Crippen LogP) is 3.12. The Morgan fingerprint density at radius 2 is 2.00 bits per heavy atom. The van der Waals surface area contributed by atoms with Gasteiger partial charge in [-0.1, -0.05) is 30.3 Å². The molecular weight excluding hydrogens is 316 g/mol. The number of hydrogen-bond acceptors (Lipinski definition) is 4. The van der Waals surface area contributed by atoms with Crippen LogP contribution < -0.4 is 10.1 Å². The maximum Gasteiger partial charge on any atom is 0.246 e. The summed E-state index contributed by atoms with van der Waals surface area (Å²) in [7, 11) is 0. The average molecular weight is 332 g/mol. The Balaban J connectivity index is 2.00. The molecule has 1 aliphatic heterocycles. The van der Waals surface area contributed by atoms with E-state index in [1.807, 2.05) is 60.0 Å². The highest BCUT2D eigenvalue weighted by molar-refractivity contribution is 5.97. The molecular formula is C19H16N4O2. The smallest absolute Gasteiger partial charge is 0.246 e. The number of nitrogens with one attached hydrogen (secondary N) is 1. The van der Waals surface area contributed by atoms with Crippen LogP contribution in [0.2, 0.25) is 0 Å². The highest BCUT2D eigenvalue weighted by Gasteiger charge is 2.40. The Bertz CT molecular complexity index is 1000. The van der Waals surface area contributed by atoms with Gasteiger partial charge in [0.1, 0.15) is 5.75 Å². The first-order valence-corrected chi connectivity index (χ1v) is 8.13. The fraction of sp³-hybridized carbons (Fsp3) is 0.211. The third kappa shape index (κ3) is 2.32. The zero-order valence-corrected chi connectivity index (χ0v) is 13.6. The van der Waals surface area contributed by atoms with Gasteiger partial charge >= 0.3 is 0 Å². The lowest BCUT2D eigenvalue weighted by molar-refractivity contribution is -0.119. The van der Waals surface area contributed by atoms with Gasteiger partial charge in [0, 0.05) is 5.56 Å². The highest BCUT2D eigenvalue weighted by atomic mass is 16.5. The molecule has 2 aromatic carbocycles. The van der Waals surface area contributed by atoms with E-state index >= 15 is 0 Å². The van der Waals surface area contributed by atoms with Gasteiger partial charge in [-0.3, -0.25) is 10.1 Å². The normalized spacial score (nSPS) is 19.1. The van der Waals surface area contributed by atoms with Crippen molar-refractivity contribution in [3.05, 3.63) is 54.1 Å². The molecule has 124 valence electrons. The van der Waals surface area contributed by atoms with Crippen molar-refractivity contribution in [1.29, 1.82) is 5.26 Å². The zero-order valence-electron chi connectivity index (χ0n) is 13.6. The largest absolute Gasteiger partial charge is 0.494 e. The second-order valence-corrected chi connectivity index (χ2v) is 5.81. The van der Waals surface area contributed by atoms with Crippen molar-refractivity contribution in [2.24, 2.45) is 5.92 Å². The lowest BCUT2D eigenvalue weighted by Crippen LogP contribution is -2.37. The molecule has 6 nitrogen and oxygen atoms in total. The van der Waals surface area contributed by atoms with Crippen LogP contribution in [-0.2, 0) is 4.79 Å². The first-order chi connectivity index (χ1) is 12.2. The molecule has 6 heteroatoms. The monoisotopic (exact) mass is 332 g/mol. The van der Waals surface area contributed by atoms with Crippen molar-refractivity contribution >= 4 is 22.9 Å². The van der Waals surface area contributed by atoms with Gasteiger partial charge in [-0.15, -0.1) is 0 Å². The fourth-order valence-corrected chi connectivity index (χ4v) is 3.35. The Morgan fingerprint density at radius 1 is 1.24 bits per heavy atom. The molecule has 4 rings (SSSR count). The van der Waals surface area contributed by atoms with E-state index in [9.17, 15) is 10.1 Å². The molecule has 0 fully saturated rings. The topological polar surface area (TPSA) is 79.9 Å². The van der Waals surface area contributed by atoms with Gasteiger partial charge in [-0.05, 0) is 25.1 Å². The Labute approximate surface area is 144 Å². The van der Waals surface area contributed by atoms with Crippen LogP contribution in [0, 0.1) is 17.2 Å². The molecule has 25 heavy (non-hydrogen) atoms. The highest BCUT2D eigenvalue weighted by Crippen LogP contribution is 2.40. The van der Waals surface area contributed by atoms with E-state index in [4.69, 9.17) is 4.74 Å². The Kier molecular flexibility index (Phi) is 3.62. The number of anilines is 1. The van der Waals surface area contributed by atoms with Gasteiger partial charge in [-0.25, -0.2) is 4.98 Å². The molecule has 2 atom stereocenters. The Morgan fingerprint density at radius 3 is 2.80 bits per heavy atom. The minimum atomic E-state index is -0.869. The van der Waals surface area contributed by atoms with Crippen LogP contribution in [0.3, 0.4) is 0 Å². The van der Waals surface area contributed by atoms with Crippen LogP contribution in [0.5, 0.6) is 5.75 Å². The van der Waals surface area contributed by atoms with Crippen LogP contribution in [0.25, 0.3) is 11.0 Å². The van der Waals surface area contributed by atoms with E-state index in [0.29, 0.717) is 18.3 Å². The lowest BCUT2D eigenvalue weighted by Gasteiger charge is -2.30. The summed E-state index contributed by atoms with van der Waals surface area (Å²) in [6.45, 7) is 2.41. The van der Waals surface area contributed by atoms with Gasteiger partial charge in [0.25, 0.3) is 0 Å². The number of nitriles is 1. The summed E-state index contributed by atoms with van der Waals surface area (Å²) in [4.78, 5) is 17.0. The number of imidazole rings is 1. The van der Waals surface area contributed by atoms with Crippen LogP contribution in [-0.4, -0.2) is 22.1 Å². The molecule has 0 radical (unpaired) electrons. The van der Waals surface area contributed by atoms with Gasteiger partial charge in [0.05, 0.1) is 29.8 Å². The lowest BCUT2D eigenvalue weighted by atomic mass is 9.90. The summed E-state index contributed by atoms with van der Waals surface area (Å²) >= 11 is 0. The minimum absolute atomic E-state index is 0.346. The van der Waals surface area contributed by atoms with Crippen molar-refractivity contribution in [2.45, 2.75) is 13.0 Å². The maximum absolute atomic E-state index is 12.5. The van der Waals surface area contributed by atoms with Crippen molar-refractivity contribution in [1.82, 2.24) is 9.55 Å². The van der Waals surface area contributed by atoms with Crippen molar-refractivity contribution < 1.29 is 9.53 Å². The molecule has 3 aromatic rings. The number of ether oxygens (including phenoxy) is 1. The predicted molar refractivity (Wildman–Crippen MR) is 93.2 cm³/mol. The third-order valence-electron chi connectivity index (χ3n) is 4.38. The molecule has 1 amide bonds. The van der Waals surface area contributed by atoms with E-state index in [0.717, 1.165) is 16.6 Å². The number of para-hydroxylation sites is 3.